The van der Waals surface area contributed by atoms with Crippen LogP contribution in [0, 0.1) is 0 Å². The molecule has 1 saturated heterocycles. The van der Waals surface area contributed by atoms with Crippen molar-refractivity contribution >= 4 is 0 Å². The summed E-state index contributed by atoms with van der Waals surface area (Å²) in [6.45, 7) is 4.05. The molecule has 3 nitrogen and oxygen atoms in total. The Bertz CT molecular complexity index is 421. The van der Waals surface area contributed by atoms with Crippen LogP contribution in [-0.4, -0.2) is 37.2 Å². The van der Waals surface area contributed by atoms with Gasteiger partial charge in [0.15, 0.2) is 0 Å². The van der Waals surface area contributed by atoms with Gasteiger partial charge in [-0.3, -0.25) is 4.90 Å². The molecule has 19 heavy (non-hydrogen) atoms. The predicted molar refractivity (Wildman–Crippen MR) is 77.6 cm³/mol. The summed E-state index contributed by atoms with van der Waals surface area (Å²) in [4.78, 5) is 2.66. The Morgan fingerprint density at radius 2 is 2.21 bits per heavy atom. The summed E-state index contributed by atoms with van der Waals surface area (Å²) in [5.41, 5.74) is 7.04. The molecule has 104 valence electrons. The van der Waals surface area contributed by atoms with Crippen LogP contribution in [0.15, 0.2) is 24.3 Å². The Labute approximate surface area is 115 Å². The highest BCUT2D eigenvalue weighted by Gasteiger charge is 2.30. The molecule has 0 aliphatic carbocycles. The lowest BCUT2D eigenvalue weighted by molar-refractivity contribution is 0.210. The number of nitrogens with zero attached hydrogens (tertiary/aromatic N) is 1. The minimum Gasteiger partial charge on any atom is -0.493 e. The van der Waals surface area contributed by atoms with Gasteiger partial charge < -0.3 is 10.5 Å². The molecule has 3 heteroatoms. The van der Waals surface area contributed by atoms with Crippen LogP contribution in [0.25, 0.3) is 0 Å². The highest BCUT2D eigenvalue weighted by molar-refractivity contribution is 5.39. The van der Waals surface area contributed by atoms with E-state index < -0.39 is 0 Å². The fourth-order valence-electron chi connectivity index (χ4n) is 3.48. The van der Waals surface area contributed by atoms with Gasteiger partial charge in [0.1, 0.15) is 5.75 Å². The summed E-state index contributed by atoms with van der Waals surface area (Å²) in [5, 5.41) is 0. The Hall–Kier alpha value is -1.06. The summed E-state index contributed by atoms with van der Waals surface area (Å²) in [6.07, 6.45) is 5.09. The van der Waals surface area contributed by atoms with E-state index in [4.69, 9.17) is 10.5 Å². The molecule has 2 aliphatic rings. The fourth-order valence-corrected chi connectivity index (χ4v) is 3.48. The number of hydrogen-bond acceptors (Lipinski definition) is 3. The fraction of sp³-hybridized carbons (Fsp3) is 0.625. The smallest absolute Gasteiger partial charge is 0.122 e. The number of benzene rings is 1. The van der Waals surface area contributed by atoms with Crippen molar-refractivity contribution in [3.8, 4) is 5.75 Å². The number of para-hydroxylation sites is 1. The van der Waals surface area contributed by atoms with Crippen molar-refractivity contribution < 1.29 is 4.74 Å². The molecule has 1 aromatic rings. The second-order valence-electron chi connectivity index (χ2n) is 5.77. The lowest BCUT2D eigenvalue weighted by Gasteiger charge is -2.26. The van der Waals surface area contributed by atoms with Crippen LogP contribution in [0.1, 0.15) is 37.2 Å². The molecule has 3 rings (SSSR count). The van der Waals surface area contributed by atoms with Gasteiger partial charge in [-0.15, -0.1) is 0 Å². The molecule has 2 atom stereocenters. The standard InChI is InChI=1S/C16H24N2O/c17-9-3-5-14-6-4-10-18(14)11-13-12-19-16-8-2-1-7-15(13)16/h1-2,7-8,13-14H,3-6,9-12,17H2. The first-order valence-corrected chi connectivity index (χ1v) is 7.54. The van der Waals surface area contributed by atoms with Gasteiger partial charge in [0.05, 0.1) is 6.61 Å². The SMILES string of the molecule is NCCCC1CCCN1CC1COc2ccccc21. The van der Waals surface area contributed by atoms with Crippen molar-refractivity contribution in [1.82, 2.24) is 4.90 Å². The average molecular weight is 260 g/mol. The van der Waals surface area contributed by atoms with E-state index in [1.54, 1.807) is 0 Å². The lowest BCUT2D eigenvalue weighted by atomic mass is 10.00. The molecule has 0 spiro atoms. The van der Waals surface area contributed by atoms with Gasteiger partial charge in [-0.05, 0) is 44.8 Å². The molecule has 1 aromatic carbocycles. The summed E-state index contributed by atoms with van der Waals surface area (Å²) < 4.78 is 5.79. The molecule has 2 N–H and O–H groups in total. The molecule has 0 bridgehead atoms. The number of rotatable bonds is 5. The zero-order valence-electron chi connectivity index (χ0n) is 11.6. The van der Waals surface area contributed by atoms with E-state index in [0.29, 0.717) is 5.92 Å². The monoisotopic (exact) mass is 260 g/mol. The van der Waals surface area contributed by atoms with Crippen molar-refractivity contribution in [2.24, 2.45) is 5.73 Å². The maximum atomic E-state index is 5.79. The first-order valence-electron chi connectivity index (χ1n) is 7.54. The normalized spacial score (nSPS) is 26.4. The Morgan fingerprint density at radius 1 is 1.32 bits per heavy atom. The largest absolute Gasteiger partial charge is 0.493 e. The van der Waals surface area contributed by atoms with E-state index in [2.05, 4.69) is 29.2 Å². The van der Waals surface area contributed by atoms with Gasteiger partial charge >= 0.3 is 0 Å². The molecule has 0 saturated carbocycles. The van der Waals surface area contributed by atoms with E-state index in [-0.39, 0.29) is 0 Å². The summed E-state index contributed by atoms with van der Waals surface area (Å²) in [7, 11) is 0. The minimum absolute atomic E-state index is 0.551. The molecule has 2 unspecified atom stereocenters. The number of nitrogens with two attached hydrogens (primary N) is 1. The average Bonchev–Trinajstić information content (AvgIpc) is 3.05. The number of hydrogen-bond donors (Lipinski definition) is 1. The van der Waals surface area contributed by atoms with Crippen LogP contribution in [0.5, 0.6) is 5.75 Å². The number of fused-ring (bicyclic) bond motifs is 1. The van der Waals surface area contributed by atoms with Gasteiger partial charge in [-0.2, -0.15) is 0 Å². The maximum absolute atomic E-state index is 5.79. The van der Waals surface area contributed by atoms with Crippen LogP contribution in [0.2, 0.25) is 0 Å². The van der Waals surface area contributed by atoms with Crippen LogP contribution in [0.4, 0.5) is 0 Å². The van der Waals surface area contributed by atoms with E-state index >= 15 is 0 Å². The molecule has 1 fully saturated rings. The molecule has 2 heterocycles. The van der Waals surface area contributed by atoms with Crippen LogP contribution in [-0.2, 0) is 0 Å². The van der Waals surface area contributed by atoms with Crippen molar-refractivity contribution in [3.63, 3.8) is 0 Å². The summed E-state index contributed by atoms with van der Waals surface area (Å²) >= 11 is 0. The van der Waals surface area contributed by atoms with Gasteiger partial charge in [-0.1, -0.05) is 18.2 Å². The van der Waals surface area contributed by atoms with Crippen LogP contribution < -0.4 is 10.5 Å². The molecule has 0 amide bonds. The first kappa shape index (κ1) is 12.9. The Balaban J connectivity index is 1.62. The Kier molecular flexibility index (Phi) is 4.04. The summed E-state index contributed by atoms with van der Waals surface area (Å²) in [5.74, 6) is 1.64. The van der Waals surface area contributed by atoms with Gasteiger partial charge in [0, 0.05) is 24.1 Å². The van der Waals surface area contributed by atoms with Gasteiger partial charge in [0.25, 0.3) is 0 Å². The third kappa shape index (κ3) is 2.77. The number of ether oxygens (including phenoxy) is 1. The zero-order valence-corrected chi connectivity index (χ0v) is 11.6. The minimum atomic E-state index is 0.551. The van der Waals surface area contributed by atoms with E-state index in [1.165, 1.54) is 31.4 Å². The van der Waals surface area contributed by atoms with Crippen molar-refractivity contribution in [2.45, 2.75) is 37.6 Å². The number of likely N-dealkylation sites (tertiary alicyclic amines) is 1. The van der Waals surface area contributed by atoms with E-state index in [9.17, 15) is 0 Å². The topological polar surface area (TPSA) is 38.5 Å². The zero-order chi connectivity index (χ0) is 13.1. The van der Waals surface area contributed by atoms with E-state index in [0.717, 1.165) is 37.9 Å². The molecular formula is C16H24N2O. The maximum Gasteiger partial charge on any atom is 0.122 e. The molecular weight excluding hydrogens is 236 g/mol. The lowest BCUT2D eigenvalue weighted by Crippen LogP contribution is -2.34. The van der Waals surface area contributed by atoms with Crippen molar-refractivity contribution in [1.29, 1.82) is 0 Å². The highest BCUT2D eigenvalue weighted by atomic mass is 16.5. The van der Waals surface area contributed by atoms with Gasteiger partial charge in [0.2, 0.25) is 0 Å². The van der Waals surface area contributed by atoms with E-state index in [1.807, 2.05) is 0 Å². The third-order valence-electron chi connectivity index (χ3n) is 4.49. The highest BCUT2D eigenvalue weighted by Crippen LogP contribution is 2.35. The second kappa shape index (κ2) is 5.93. The van der Waals surface area contributed by atoms with Crippen molar-refractivity contribution in [3.05, 3.63) is 29.8 Å². The van der Waals surface area contributed by atoms with Gasteiger partial charge in [-0.25, -0.2) is 0 Å². The second-order valence-corrected chi connectivity index (χ2v) is 5.77. The molecule has 2 aliphatic heterocycles. The first-order chi connectivity index (χ1) is 9.38. The van der Waals surface area contributed by atoms with Crippen LogP contribution in [0.3, 0.4) is 0 Å². The summed E-state index contributed by atoms with van der Waals surface area (Å²) in [6, 6.07) is 9.23. The van der Waals surface area contributed by atoms with Crippen LogP contribution >= 0.6 is 0 Å². The third-order valence-corrected chi connectivity index (χ3v) is 4.49. The quantitative estimate of drug-likeness (QED) is 0.883. The van der Waals surface area contributed by atoms with Crippen molar-refractivity contribution in [2.75, 3.05) is 26.2 Å². The molecule has 0 radical (unpaired) electrons. The predicted octanol–water partition coefficient (Wildman–Crippen LogP) is 2.37. The Morgan fingerprint density at radius 3 is 3.11 bits per heavy atom. The molecule has 0 aromatic heterocycles.